The Kier molecular flexibility index (Phi) is 5.94. The maximum atomic E-state index is 12.0. The molecule has 1 fully saturated rings. The third-order valence-electron chi connectivity index (χ3n) is 3.20. The van der Waals surface area contributed by atoms with E-state index >= 15 is 0 Å². The van der Waals surface area contributed by atoms with Gasteiger partial charge in [-0.25, -0.2) is 9.59 Å². The molecule has 3 N–H and O–H groups in total. The molecule has 3 amide bonds. The molecule has 0 aliphatic carbocycles. The average Bonchev–Trinajstić information content (AvgIpc) is 2.62. The smallest absolute Gasteiger partial charge is 0.326 e. The zero-order valence-electron chi connectivity index (χ0n) is 11.7. The van der Waals surface area contributed by atoms with Gasteiger partial charge in [-0.3, -0.25) is 9.59 Å². The molecule has 0 radical (unpaired) electrons. The first-order chi connectivity index (χ1) is 9.81. The lowest BCUT2D eigenvalue weighted by molar-refractivity contribution is -0.145. The van der Waals surface area contributed by atoms with Crippen LogP contribution in [0.5, 0.6) is 0 Å². The fourth-order valence-electron chi connectivity index (χ4n) is 2.05. The van der Waals surface area contributed by atoms with Crippen molar-refractivity contribution in [3.05, 3.63) is 0 Å². The standard InChI is InChI=1S/C12H19N3O6/c1-8(16)14-3-2-4-15(6-5-14)12(21)13-9(11(19)20)7-10(17)18/h9H,2-7H2,1H3,(H,13,21)(H,17,18)(H,19,20). The van der Waals surface area contributed by atoms with Crippen molar-refractivity contribution in [1.29, 1.82) is 0 Å². The second-order valence-corrected chi connectivity index (χ2v) is 4.78. The van der Waals surface area contributed by atoms with E-state index in [0.717, 1.165) is 0 Å². The van der Waals surface area contributed by atoms with Gasteiger partial charge in [-0.2, -0.15) is 0 Å². The van der Waals surface area contributed by atoms with Crippen molar-refractivity contribution in [3.63, 3.8) is 0 Å². The number of rotatable bonds is 4. The normalized spacial score (nSPS) is 16.8. The molecule has 1 saturated heterocycles. The predicted molar refractivity (Wildman–Crippen MR) is 70.7 cm³/mol. The fourth-order valence-corrected chi connectivity index (χ4v) is 2.05. The number of carboxylic acids is 2. The van der Waals surface area contributed by atoms with E-state index in [2.05, 4.69) is 5.32 Å². The van der Waals surface area contributed by atoms with Gasteiger partial charge in [0.25, 0.3) is 0 Å². The van der Waals surface area contributed by atoms with Crippen LogP contribution < -0.4 is 5.32 Å². The number of amides is 3. The quantitative estimate of drug-likeness (QED) is 0.622. The Morgan fingerprint density at radius 2 is 1.62 bits per heavy atom. The molecule has 1 heterocycles. The first-order valence-corrected chi connectivity index (χ1v) is 6.56. The van der Waals surface area contributed by atoms with Gasteiger partial charge in [-0.05, 0) is 6.42 Å². The number of hydrogen-bond acceptors (Lipinski definition) is 4. The van der Waals surface area contributed by atoms with Crippen LogP contribution >= 0.6 is 0 Å². The zero-order chi connectivity index (χ0) is 16.0. The van der Waals surface area contributed by atoms with Crippen molar-refractivity contribution in [2.75, 3.05) is 26.2 Å². The number of carboxylic acid groups (broad SMARTS) is 2. The number of hydrogen-bond donors (Lipinski definition) is 3. The summed E-state index contributed by atoms with van der Waals surface area (Å²) in [6.07, 6.45) is -0.0991. The van der Waals surface area contributed by atoms with E-state index in [1.807, 2.05) is 0 Å². The lowest BCUT2D eigenvalue weighted by Gasteiger charge is -2.23. The van der Waals surface area contributed by atoms with Crippen LogP contribution in [0.2, 0.25) is 0 Å². The van der Waals surface area contributed by atoms with Crippen molar-refractivity contribution in [2.24, 2.45) is 0 Å². The summed E-state index contributed by atoms with van der Waals surface area (Å²) < 4.78 is 0. The van der Waals surface area contributed by atoms with Crippen molar-refractivity contribution in [3.8, 4) is 0 Å². The van der Waals surface area contributed by atoms with E-state index in [1.54, 1.807) is 4.90 Å². The molecule has 0 bridgehead atoms. The summed E-state index contributed by atoms with van der Waals surface area (Å²) >= 11 is 0. The van der Waals surface area contributed by atoms with Crippen LogP contribution in [0.25, 0.3) is 0 Å². The van der Waals surface area contributed by atoms with E-state index in [4.69, 9.17) is 10.2 Å². The number of nitrogens with zero attached hydrogens (tertiary/aromatic N) is 2. The van der Waals surface area contributed by atoms with Gasteiger partial charge < -0.3 is 25.3 Å². The SMILES string of the molecule is CC(=O)N1CCCN(C(=O)NC(CC(=O)O)C(=O)O)CC1. The monoisotopic (exact) mass is 301 g/mol. The molecule has 1 aliphatic rings. The third kappa shape index (κ3) is 5.28. The van der Waals surface area contributed by atoms with E-state index in [9.17, 15) is 19.2 Å². The molecule has 0 aromatic carbocycles. The van der Waals surface area contributed by atoms with E-state index in [0.29, 0.717) is 26.1 Å². The molecule has 1 aliphatic heterocycles. The molecule has 0 spiro atoms. The van der Waals surface area contributed by atoms with Gasteiger partial charge in [0.1, 0.15) is 6.04 Å². The van der Waals surface area contributed by atoms with E-state index in [-0.39, 0.29) is 12.5 Å². The average molecular weight is 301 g/mol. The minimum Gasteiger partial charge on any atom is -0.481 e. The maximum Gasteiger partial charge on any atom is 0.326 e. The molecule has 21 heavy (non-hydrogen) atoms. The van der Waals surface area contributed by atoms with Crippen molar-refractivity contribution >= 4 is 23.9 Å². The van der Waals surface area contributed by atoms with Crippen LogP contribution in [-0.2, 0) is 14.4 Å². The van der Waals surface area contributed by atoms with Crippen LogP contribution in [0.4, 0.5) is 4.79 Å². The lowest BCUT2D eigenvalue weighted by atomic mass is 10.2. The minimum absolute atomic E-state index is 0.0773. The van der Waals surface area contributed by atoms with E-state index in [1.165, 1.54) is 11.8 Å². The van der Waals surface area contributed by atoms with Crippen molar-refractivity contribution in [2.45, 2.75) is 25.8 Å². The second kappa shape index (κ2) is 7.46. The number of nitrogens with one attached hydrogen (secondary N) is 1. The molecule has 118 valence electrons. The molecule has 9 nitrogen and oxygen atoms in total. The number of urea groups is 1. The molecule has 0 aromatic heterocycles. The van der Waals surface area contributed by atoms with Gasteiger partial charge in [0.15, 0.2) is 0 Å². The van der Waals surface area contributed by atoms with Gasteiger partial charge >= 0.3 is 18.0 Å². The first kappa shape index (κ1) is 16.7. The zero-order valence-corrected chi connectivity index (χ0v) is 11.7. The Bertz CT molecular complexity index is 439. The van der Waals surface area contributed by atoms with E-state index < -0.39 is 30.4 Å². The van der Waals surface area contributed by atoms with Gasteiger partial charge in [0.05, 0.1) is 6.42 Å². The van der Waals surface area contributed by atoms with Crippen molar-refractivity contribution < 1.29 is 29.4 Å². The fraction of sp³-hybridized carbons (Fsp3) is 0.667. The molecule has 0 saturated carbocycles. The van der Waals surface area contributed by atoms with Crippen LogP contribution in [0, 0.1) is 0 Å². The topological polar surface area (TPSA) is 127 Å². The van der Waals surface area contributed by atoms with Crippen LogP contribution in [0.15, 0.2) is 0 Å². The summed E-state index contributed by atoms with van der Waals surface area (Å²) in [7, 11) is 0. The highest BCUT2D eigenvalue weighted by atomic mass is 16.4. The first-order valence-electron chi connectivity index (χ1n) is 6.56. The summed E-state index contributed by atoms with van der Waals surface area (Å²) in [6, 6.07) is -2.10. The summed E-state index contributed by atoms with van der Waals surface area (Å²) in [5, 5.41) is 19.7. The third-order valence-corrected chi connectivity index (χ3v) is 3.20. The largest absolute Gasteiger partial charge is 0.481 e. The maximum absolute atomic E-state index is 12.0. The van der Waals surface area contributed by atoms with Crippen LogP contribution in [0.3, 0.4) is 0 Å². The summed E-state index contributed by atoms with van der Waals surface area (Å²) in [5.41, 5.74) is 0. The Labute approximate surface area is 121 Å². The lowest BCUT2D eigenvalue weighted by Crippen LogP contribution is -2.49. The number of aliphatic carboxylic acids is 2. The Morgan fingerprint density at radius 1 is 1.05 bits per heavy atom. The molecular formula is C12H19N3O6. The van der Waals surface area contributed by atoms with Gasteiger partial charge in [-0.15, -0.1) is 0 Å². The molecule has 0 aromatic rings. The summed E-state index contributed by atoms with van der Waals surface area (Å²) in [4.78, 5) is 47.7. The van der Waals surface area contributed by atoms with Crippen LogP contribution in [0.1, 0.15) is 19.8 Å². The highest BCUT2D eigenvalue weighted by Crippen LogP contribution is 2.05. The second-order valence-electron chi connectivity index (χ2n) is 4.78. The Hall–Kier alpha value is -2.32. The van der Waals surface area contributed by atoms with Gasteiger partial charge in [0, 0.05) is 33.1 Å². The number of carbonyl (C=O) groups excluding carboxylic acids is 2. The highest BCUT2D eigenvalue weighted by Gasteiger charge is 2.26. The minimum atomic E-state index is -1.47. The van der Waals surface area contributed by atoms with Gasteiger partial charge in [0.2, 0.25) is 5.91 Å². The highest BCUT2D eigenvalue weighted by molar-refractivity contribution is 5.86. The number of carbonyl (C=O) groups is 4. The molecule has 1 rings (SSSR count). The molecule has 1 unspecified atom stereocenters. The van der Waals surface area contributed by atoms with Gasteiger partial charge in [-0.1, -0.05) is 0 Å². The summed E-state index contributed by atoms with van der Waals surface area (Å²) in [5.74, 6) is -2.78. The van der Waals surface area contributed by atoms with Crippen molar-refractivity contribution in [1.82, 2.24) is 15.1 Å². The summed E-state index contributed by atoms with van der Waals surface area (Å²) in [6.45, 7) is 3.03. The Morgan fingerprint density at radius 3 is 2.14 bits per heavy atom. The van der Waals surface area contributed by atoms with Crippen LogP contribution in [-0.4, -0.2) is 76.1 Å². The molecule has 9 heteroatoms. The molecular weight excluding hydrogens is 282 g/mol. The Balaban J connectivity index is 2.59. The molecule has 1 atom stereocenters. The predicted octanol–water partition coefficient (Wildman–Crippen LogP) is -0.822.